The zero-order chi connectivity index (χ0) is 26.3. The quantitative estimate of drug-likeness (QED) is 0.453. The minimum Gasteiger partial charge on any atom is -0.357 e. The van der Waals surface area contributed by atoms with E-state index in [2.05, 4.69) is 5.32 Å². The van der Waals surface area contributed by atoms with Crippen molar-refractivity contribution in [1.82, 2.24) is 10.2 Å². The van der Waals surface area contributed by atoms with Crippen molar-refractivity contribution in [2.24, 2.45) is 0 Å². The van der Waals surface area contributed by atoms with Gasteiger partial charge in [0.15, 0.2) is 0 Å². The number of amides is 2. The van der Waals surface area contributed by atoms with Gasteiger partial charge in [0.05, 0.1) is 11.9 Å². The normalized spacial score (nSPS) is 12.0. The molecule has 0 aromatic heterocycles. The van der Waals surface area contributed by atoms with Gasteiger partial charge in [-0.1, -0.05) is 60.7 Å². The molecule has 0 spiro atoms. The molecule has 0 aliphatic rings. The fraction of sp³-hybridized carbons (Fsp3) is 0.259. The van der Waals surface area contributed by atoms with E-state index in [4.69, 9.17) is 0 Å². The highest BCUT2D eigenvalue weighted by Gasteiger charge is 2.32. The van der Waals surface area contributed by atoms with Gasteiger partial charge in [0.2, 0.25) is 21.8 Å². The van der Waals surface area contributed by atoms with Gasteiger partial charge < -0.3 is 10.2 Å². The van der Waals surface area contributed by atoms with E-state index in [0.717, 1.165) is 16.1 Å². The molecular weight excluding hydrogens is 481 g/mol. The monoisotopic (exact) mass is 511 g/mol. The lowest BCUT2D eigenvalue weighted by Crippen LogP contribution is -2.53. The summed E-state index contributed by atoms with van der Waals surface area (Å²) in [7, 11) is -2.34. The highest BCUT2D eigenvalue weighted by atomic mass is 32.2. The summed E-state index contributed by atoms with van der Waals surface area (Å²) in [6.07, 6.45) is 1.26. The van der Waals surface area contributed by atoms with Crippen molar-refractivity contribution < 1.29 is 22.4 Å². The Kier molecular flexibility index (Phi) is 8.82. The molecule has 0 aliphatic carbocycles. The summed E-state index contributed by atoms with van der Waals surface area (Å²) in [4.78, 5) is 28.1. The number of hydrogen-bond donors (Lipinski definition) is 1. The lowest BCUT2D eigenvalue weighted by atomic mass is 10.0. The number of anilines is 1. The molecule has 0 heterocycles. The molecule has 1 N–H and O–H groups in total. The minimum absolute atomic E-state index is 0.00456. The van der Waals surface area contributed by atoms with Crippen molar-refractivity contribution in [2.45, 2.75) is 25.9 Å². The first kappa shape index (κ1) is 26.9. The van der Waals surface area contributed by atoms with Crippen molar-refractivity contribution in [3.63, 3.8) is 0 Å². The molecule has 0 unspecified atom stereocenters. The van der Waals surface area contributed by atoms with Crippen LogP contribution in [-0.4, -0.2) is 51.0 Å². The van der Waals surface area contributed by atoms with Crippen molar-refractivity contribution in [1.29, 1.82) is 0 Å². The SMILES string of the molecule is CNC(=O)[C@H](Cc1ccccc1)N(Cc1ccc(F)cc1)C(=O)CN(c1ccccc1C)S(C)(=O)=O. The number of nitrogens with one attached hydrogen (secondary N) is 1. The molecule has 9 heteroatoms. The molecule has 0 saturated heterocycles. The molecule has 3 aromatic rings. The zero-order valence-electron chi connectivity index (χ0n) is 20.5. The smallest absolute Gasteiger partial charge is 0.244 e. The molecule has 1 atom stereocenters. The summed E-state index contributed by atoms with van der Waals surface area (Å²) >= 11 is 0. The number of nitrogens with zero attached hydrogens (tertiary/aromatic N) is 2. The van der Waals surface area contributed by atoms with E-state index >= 15 is 0 Å². The standard InChI is InChI=1S/C27H30FN3O4S/c1-20-9-7-8-12-24(20)31(36(3,34)35)19-26(32)30(18-22-13-15-23(28)16-14-22)25(27(33)29-2)17-21-10-5-4-6-11-21/h4-16,25H,17-19H2,1-3H3,(H,29,33)/t25-/m0/s1. The third kappa shape index (κ3) is 6.91. The van der Waals surface area contributed by atoms with Crippen LogP contribution in [-0.2, 0) is 32.6 Å². The summed E-state index contributed by atoms with van der Waals surface area (Å²) in [5.74, 6) is -1.37. The Balaban J connectivity index is 2.03. The maximum Gasteiger partial charge on any atom is 0.244 e. The predicted octanol–water partition coefficient (Wildman–Crippen LogP) is 3.29. The fourth-order valence-electron chi connectivity index (χ4n) is 3.95. The number of aryl methyl sites for hydroxylation is 1. The molecule has 3 aromatic carbocycles. The van der Waals surface area contributed by atoms with Crippen LogP contribution >= 0.6 is 0 Å². The van der Waals surface area contributed by atoms with E-state index in [1.54, 1.807) is 31.2 Å². The number of benzene rings is 3. The summed E-state index contributed by atoms with van der Waals surface area (Å²) in [6.45, 7) is 1.26. The first-order valence-electron chi connectivity index (χ1n) is 11.4. The Hall–Kier alpha value is -3.72. The molecule has 190 valence electrons. The van der Waals surface area contributed by atoms with E-state index in [1.807, 2.05) is 30.3 Å². The van der Waals surface area contributed by atoms with Gasteiger partial charge in [0, 0.05) is 20.0 Å². The number of likely N-dealkylation sites (N-methyl/N-ethyl adjacent to an activating group) is 1. The summed E-state index contributed by atoms with van der Waals surface area (Å²) in [5, 5.41) is 2.62. The maximum absolute atomic E-state index is 13.8. The number of hydrogen-bond acceptors (Lipinski definition) is 4. The Morgan fingerprint density at radius 1 is 0.917 bits per heavy atom. The number of carbonyl (C=O) groups excluding carboxylic acids is 2. The number of sulfonamides is 1. The second kappa shape index (κ2) is 11.8. The molecule has 36 heavy (non-hydrogen) atoms. The molecule has 0 radical (unpaired) electrons. The lowest BCUT2D eigenvalue weighted by Gasteiger charge is -2.33. The van der Waals surface area contributed by atoms with Gasteiger partial charge in [-0.2, -0.15) is 0 Å². The largest absolute Gasteiger partial charge is 0.357 e. The van der Waals surface area contributed by atoms with Crippen molar-refractivity contribution in [3.8, 4) is 0 Å². The molecular formula is C27H30FN3O4S. The number of halogens is 1. The zero-order valence-corrected chi connectivity index (χ0v) is 21.3. The van der Waals surface area contributed by atoms with Crippen LogP contribution in [0.3, 0.4) is 0 Å². The fourth-order valence-corrected chi connectivity index (χ4v) is 4.85. The molecule has 0 saturated carbocycles. The van der Waals surface area contributed by atoms with Crippen LogP contribution in [0.1, 0.15) is 16.7 Å². The van der Waals surface area contributed by atoms with E-state index in [1.165, 1.54) is 36.2 Å². The highest BCUT2D eigenvalue weighted by Crippen LogP contribution is 2.23. The van der Waals surface area contributed by atoms with Gasteiger partial charge in [-0.25, -0.2) is 12.8 Å². The van der Waals surface area contributed by atoms with E-state index in [9.17, 15) is 22.4 Å². The maximum atomic E-state index is 13.8. The van der Waals surface area contributed by atoms with Gasteiger partial charge in [0.1, 0.15) is 18.4 Å². The number of carbonyl (C=O) groups is 2. The van der Waals surface area contributed by atoms with Crippen LogP contribution in [0.4, 0.5) is 10.1 Å². The van der Waals surface area contributed by atoms with Crippen LogP contribution in [0.2, 0.25) is 0 Å². The van der Waals surface area contributed by atoms with Gasteiger partial charge in [-0.05, 0) is 41.8 Å². The number of rotatable bonds is 10. The third-order valence-electron chi connectivity index (χ3n) is 5.85. The van der Waals surface area contributed by atoms with Crippen LogP contribution in [0.25, 0.3) is 0 Å². The van der Waals surface area contributed by atoms with Crippen LogP contribution in [0, 0.1) is 12.7 Å². The Labute approximate surface area is 211 Å². The first-order valence-corrected chi connectivity index (χ1v) is 13.3. The van der Waals surface area contributed by atoms with Gasteiger partial charge in [-0.3, -0.25) is 13.9 Å². The average Bonchev–Trinajstić information content (AvgIpc) is 2.85. The summed E-state index contributed by atoms with van der Waals surface area (Å²) in [6, 6.07) is 20.8. The van der Waals surface area contributed by atoms with Crippen molar-refractivity contribution in [3.05, 3.63) is 101 Å². The van der Waals surface area contributed by atoms with Gasteiger partial charge in [0.25, 0.3) is 0 Å². The molecule has 7 nitrogen and oxygen atoms in total. The average molecular weight is 512 g/mol. The summed E-state index contributed by atoms with van der Waals surface area (Å²) < 4.78 is 40.0. The summed E-state index contributed by atoms with van der Waals surface area (Å²) in [5.41, 5.74) is 2.51. The van der Waals surface area contributed by atoms with Crippen molar-refractivity contribution >= 4 is 27.5 Å². The van der Waals surface area contributed by atoms with Gasteiger partial charge >= 0.3 is 0 Å². The molecule has 0 bridgehead atoms. The predicted molar refractivity (Wildman–Crippen MR) is 138 cm³/mol. The second-order valence-corrected chi connectivity index (χ2v) is 10.4. The Morgan fingerprint density at radius 2 is 1.53 bits per heavy atom. The van der Waals surface area contributed by atoms with Crippen LogP contribution < -0.4 is 9.62 Å². The molecule has 0 fully saturated rings. The lowest BCUT2D eigenvalue weighted by molar-refractivity contribution is -0.139. The van der Waals surface area contributed by atoms with E-state index < -0.39 is 40.2 Å². The second-order valence-electron chi connectivity index (χ2n) is 8.52. The Morgan fingerprint density at radius 3 is 2.11 bits per heavy atom. The molecule has 3 rings (SSSR count). The topological polar surface area (TPSA) is 86.8 Å². The van der Waals surface area contributed by atoms with Crippen LogP contribution in [0.15, 0.2) is 78.9 Å². The molecule has 2 amide bonds. The van der Waals surface area contributed by atoms with Gasteiger partial charge in [-0.15, -0.1) is 0 Å². The van der Waals surface area contributed by atoms with Crippen molar-refractivity contribution in [2.75, 3.05) is 24.2 Å². The first-order chi connectivity index (χ1) is 17.1. The minimum atomic E-state index is -3.82. The number of para-hydroxylation sites is 1. The molecule has 0 aliphatic heterocycles. The van der Waals surface area contributed by atoms with E-state index in [-0.39, 0.29) is 13.0 Å². The third-order valence-corrected chi connectivity index (χ3v) is 6.97. The Bertz CT molecular complexity index is 1300. The highest BCUT2D eigenvalue weighted by molar-refractivity contribution is 7.92. The van der Waals surface area contributed by atoms with E-state index in [0.29, 0.717) is 16.8 Å². The van der Waals surface area contributed by atoms with Crippen LogP contribution in [0.5, 0.6) is 0 Å².